The van der Waals surface area contributed by atoms with Gasteiger partial charge in [0.1, 0.15) is 5.69 Å². The van der Waals surface area contributed by atoms with E-state index < -0.39 is 28.6 Å². The lowest BCUT2D eigenvalue weighted by molar-refractivity contribution is 0.0937. The van der Waals surface area contributed by atoms with Gasteiger partial charge in [-0.25, -0.2) is 9.59 Å². The Hall–Kier alpha value is -3.45. The van der Waals surface area contributed by atoms with Crippen LogP contribution in [0.4, 0.5) is 4.79 Å². The number of primary amides is 1. The molecule has 1 aromatic heterocycles. The topological polar surface area (TPSA) is 153 Å². The summed E-state index contributed by atoms with van der Waals surface area (Å²) in [4.78, 5) is 49.1. The lowest BCUT2D eigenvalue weighted by atomic mass is 9.82. The van der Waals surface area contributed by atoms with E-state index in [1.165, 1.54) is 25.1 Å². The van der Waals surface area contributed by atoms with Crippen molar-refractivity contribution < 1.29 is 9.59 Å². The molecule has 1 saturated carbocycles. The zero-order chi connectivity index (χ0) is 23.5. The van der Waals surface area contributed by atoms with E-state index in [2.05, 4.69) is 16.5 Å². The third-order valence-corrected chi connectivity index (χ3v) is 6.01. The van der Waals surface area contributed by atoms with Crippen LogP contribution in [0, 0.1) is 23.7 Å². The number of amides is 2. The summed E-state index contributed by atoms with van der Waals surface area (Å²) in [5, 5.41) is 16.5. The fourth-order valence-electron chi connectivity index (χ4n) is 3.84. The van der Waals surface area contributed by atoms with Gasteiger partial charge in [0, 0.05) is 6.54 Å². The van der Waals surface area contributed by atoms with Gasteiger partial charge in [0.2, 0.25) is 0 Å². The highest BCUT2D eigenvalue weighted by atomic mass is 35.5. The van der Waals surface area contributed by atoms with E-state index in [1.54, 1.807) is 0 Å². The fraction of sp³-hybridized carbons (Fsp3) is 0.429. The highest BCUT2D eigenvalue weighted by molar-refractivity contribution is 6.33. The number of nitrogens with one attached hydrogen (secondary N) is 1. The monoisotopic (exact) mass is 458 g/mol. The van der Waals surface area contributed by atoms with Crippen molar-refractivity contribution in [3.8, 4) is 11.8 Å². The first kappa shape index (κ1) is 23.2. The molecule has 1 aliphatic carbocycles. The van der Waals surface area contributed by atoms with Crippen LogP contribution in [-0.4, -0.2) is 32.8 Å². The number of nitriles is 1. The van der Waals surface area contributed by atoms with Crippen LogP contribution in [0.5, 0.6) is 0 Å². The number of hydrogen-bond donors (Lipinski definition) is 2. The summed E-state index contributed by atoms with van der Waals surface area (Å²) in [6, 6.07) is 5.28. The second-order valence-electron chi connectivity index (χ2n) is 7.91. The summed E-state index contributed by atoms with van der Waals surface area (Å²) in [7, 11) is 0. The van der Waals surface area contributed by atoms with E-state index in [0.29, 0.717) is 12.8 Å². The number of halogens is 1. The molecular formula is C21H23ClN6O4. The van der Waals surface area contributed by atoms with Gasteiger partial charge in [-0.3, -0.25) is 9.59 Å². The Kier molecular flexibility index (Phi) is 6.79. The molecule has 0 unspecified atom stereocenters. The second-order valence-corrected chi connectivity index (χ2v) is 8.32. The van der Waals surface area contributed by atoms with Gasteiger partial charge in [0.05, 0.1) is 27.8 Å². The van der Waals surface area contributed by atoms with Crippen LogP contribution in [0.25, 0.3) is 5.69 Å². The predicted octanol–water partition coefficient (Wildman–Crippen LogP) is 1.88. The van der Waals surface area contributed by atoms with E-state index in [9.17, 15) is 24.4 Å². The maximum atomic E-state index is 12.9. The van der Waals surface area contributed by atoms with Crippen molar-refractivity contribution in [1.82, 2.24) is 19.7 Å². The van der Waals surface area contributed by atoms with Crippen LogP contribution in [0.2, 0.25) is 5.02 Å². The molecule has 32 heavy (non-hydrogen) atoms. The minimum Gasteiger partial charge on any atom is -0.351 e. The average Bonchev–Trinajstić information content (AvgIpc) is 3.01. The summed E-state index contributed by atoms with van der Waals surface area (Å²) in [6.45, 7) is 1.52. The summed E-state index contributed by atoms with van der Waals surface area (Å²) in [5.41, 5.74) is 2.59. The molecule has 0 spiro atoms. The Balaban J connectivity index is 1.94. The molecule has 1 heterocycles. The Bertz CT molecular complexity index is 1220. The minimum absolute atomic E-state index is 0.0639. The summed E-state index contributed by atoms with van der Waals surface area (Å²) in [6.07, 6.45) is 5.43. The number of rotatable bonds is 4. The van der Waals surface area contributed by atoms with Gasteiger partial charge in [0.15, 0.2) is 0 Å². The molecule has 1 fully saturated rings. The Morgan fingerprint density at radius 1 is 1.25 bits per heavy atom. The van der Waals surface area contributed by atoms with Crippen LogP contribution in [-0.2, 0) is 0 Å². The number of nitrogens with two attached hydrogens (primary N) is 1. The Morgan fingerprint density at radius 3 is 2.50 bits per heavy atom. The van der Waals surface area contributed by atoms with Crippen molar-refractivity contribution in [2.24, 2.45) is 11.1 Å². The molecule has 3 rings (SSSR count). The smallest absolute Gasteiger partial charge is 0.351 e. The number of aromatic nitrogens is 3. The van der Waals surface area contributed by atoms with E-state index >= 15 is 0 Å². The summed E-state index contributed by atoms with van der Waals surface area (Å²) >= 11 is 6.21. The van der Waals surface area contributed by atoms with Crippen LogP contribution >= 0.6 is 11.6 Å². The third kappa shape index (κ3) is 4.57. The highest BCUT2D eigenvalue weighted by Gasteiger charge is 2.31. The van der Waals surface area contributed by atoms with E-state index in [4.69, 9.17) is 17.3 Å². The summed E-state index contributed by atoms with van der Waals surface area (Å²) in [5.74, 6) is -0.510. The average molecular weight is 459 g/mol. The number of aryl methyl sites for hydroxylation is 1. The first-order valence-corrected chi connectivity index (χ1v) is 10.6. The van der Waals surface area contributed by atoms with Crippen molar-refractivity contribution in [2.75, 3.05) is 6.54 Å². The zero-order valence-electron chi connectivity index (χ0n) is 17.6. The highest BCUT2D eigenvalue weighted by Crippen LogP contribution is 2.34. The van der Waals surface area contributed by atoms with Crippen LogP contribution in [0.3, 0.4) is 0 Å². The van der Waals surface area contributed by atoms with E-state index in [0.717, 1.165) is 30.4 Å². The van der Waals surface area contributed by atoms with Gasteiger partial charge in [-0.2, -0.15) is 19.6 Å². The first-order chi connectivity index (χ1) is 15.2. The molecule has 10 nitrogen and oxygen atoms in total. The van der Waals surface area contributed by atoms with Gasteiger partial charge < -0.3 is 11.1 Å². The number of hydrogen-bond acceptors (Lipinski definition) is 6. The number of carbonyl (C=O) groups excluding carboxylic acids is 2. The second kappa shape index (κ2) is 9.36. The molecule has 11 heteroatoms. The molecule has 0 saturated heterocycles. The summed E-state index contributed by atoms with van der Waals surface area (Å²) < 4.78 is 1.07. The normalized spacial score (nSPS) is 15.4. The molecule has 0 bridgehead atoms. The van der Waals surface area contributed by atoms with Gasteiger partial charge in [0.25, 0.3) is 11.5 Å². The van der Waals surface area contributed by atoms with Crippen molar-refractivity contribution in [2.45, 2.75) is 45.4 Å². The molecule has 1 aliphatic rings. The maximum absolute atomic E-state index is 12.9. The van der Waals surface area contributed by atoms with Crippen molar-refractivity contribution >= 4 is 23.5 Å². The quantitative estimate of drug-likeness (QED) is 0.667. The minimum atomic E-state index is -1.24. The molecule has 0 radical (unpaired) electrons. The van der Waals surface area contributed by atoms with Crippen LogP contribution in [0.1, 0.15) is 54.6 Å². The Labute approximate surface area is 188 Å². The Morgan fingerprint density at radius 2 is 1.91 bits per heavy atom. The number of benzene rings is 1. The van der Waals surface area contributed by atoms with Crippen molar-refractivity contribution in [3.63, 3.8) is 0 Å². The molecule has 0 atom stereocenters. The predicted molar refractivity (Wildman–Crippen MR) is 117 cm³/mol. The van der Waals surface area contributed by atoms with Gasteiger partial charge in [-0.05, 0) is 38.0 Å². The molecule has 0 aliphatic heterocycles. The fourth-order valence-corrected chi connectivity index (χ4v) is 4.04. The van der Waals surface area contributed by atoms with Crippen molar-refractivity contribution in [3.05, 3.63) is 55.3 Å². The molecule has 168 valence electrons. The first-order valence-electron chi connectivity index (χ1n) is 10.2. The SMILES string of the molecule is Cc1nn(-c2ccc(Cl)c(C(=O)NCC3(C#N)CCCCCC3)c2)c(=O)n(C(N)=O)c1=O. The lowest BCUT2D eigenvalue weighted by Crippen LogP contribution is -2.47. The van der Waals surface area contributed by atoms with E-state index in [1.807, 2.05) is 0 Å². The van der Waals surface area contributed by atoms with E-state index in [-0.39, 0.29) is 33.1 Å². The van der Waals surface area contributed by atoms with Crippen molar-refractivity contribution in [1.29, 1.82) is 5.26 Å². The van der Waals surface area contributed by atoms with Crippen LogP contribution < -0.4 is 22.3 Å². The standard InChI is InChI=1S/C21H23ClN6O4/c1-13-18(30)27(19(24)31)20(32)28(26-13)14-6-7-16(22)15(10-14)17(29)25-12-21(11-23)8-4-2-3-5-9-21/h6-7,10H,2-5,8-9,12H2,1H3,(H2,24,31)(H,25,29). The largest absolute Gasteiger partial charge is 0.360 e. The molecule has 3 N–H and O–H groups in total. The van der Waals surface area contributed by atoms with Crippen LogP contribution in [0.15, 0.2) is 27.8 Å². The maximum Gasteiger partial charge on any atom is 0.360 e. The van der Waals surface area contributed by atoms with Gasteiger partial charge in [-0.1, -0.05) is 37.3 Å². The zero-order valence-corrected chi connectivity index (χ0v) is 18.3. The molecule has 2 aromatic rings. The molecular weight excluding hydrogens is 436 g/mol. The molecule has 2 amide bonds. The van der Waals surface area contributed by atoms with Gasteiger partial charge >= 0.3 is 11.7 Å². The van der Waals surface area contributed by atoms with Gasteiger partial charge in [-0.15, -0.1) is 0 Å². The molecule has 1 aromatic carbocycles. The number of carbonyl (C=O) groups is 2. The third-order valence-electron chi connectivity index (χ3n) is 5.68. The lowest BCUT2D eigenvalue weighted by Gasteiger charge is -2.25. The number of nitrogens with zero attached hydrogens (tertiary/aromatic N) is 4.